The summed E-state index contributed by atoms with van der Waals surface area (Å²) in [7, 11) is 3.03. The molecule has 0 bridgehead atoms. The van der Waals surface area contributed by atoms with Gasteiger partial charge in [0.1, 0.15) is 0 Å². The fraction of sp³-hybridized carbons (Fsp3) is 0.294. The Hall–Kier alpha value is -2.96. The van der Waals surface area contributed by atoms with Crippen molar-refractivity contribution in [2.45, 2.75) is 12.8 Å². The first-order valence-electron chi connectivity index (χ1n) is 7.59. The Labute approximate surface area is 138 Å². The number of benzene rings is 1. The molecule has 0 unspecified atom stereocenters. The van der Waals surface area contributed by atoms with Gasteiger partial charge in [-0.05, 0) is 25.0 Å². The number of imide groups is 1. The lowest BCUT2D eigenvalue weighted by Gasteiger charge is -2.13. The molecule has 24 heavy (non-hydrogen) atoms. The summed E-state index contributed by atoms with van der Waals surface area (Å²) < 4.78 is 6.26. The van der Waals surface area contributed by atoms with E-state index in [0.29, 0.717) is 30.5 Å². The molecule has 0 spiro atoms. The maximum atomic E-state index is 12.3. The number of nitrogens with zero attached hydrogens (tertiary/aromatic N) is 3. The molecule has 7 heteroatoms. The van der Waals surface area contributed by atoms with E-state index < -0.39 is 5.97 Å². The Morgan fingerprint density at radius 1 is 1.17 bits per heavy atom. The van der Waals surface area contributed by atoms with Crippen LogP contribution in [0.15, 0.2) is 30.5 Å². The molecule has 0 saturated carbocycles. The predicted octanol–water partition coefficient (Wildman–Crippen LogP) is 1.44. The summed E-state index contributed by atoms with van der Waals surface area (Å²) in [4.78, 5) is 37.5. The molecule has 0 atom stereocenters. The number of carbonyl (C=O) groups is 3. The summed E-state index contributed by atoms with van der Waals surface area (Å²) in [5.74, 6) is -1.03. The molecule has 3 rings (SSSR count). The number of carbonyl (C=O) groups excluding carboxylic acids is 3. The molecule has 0 saturated heterocycles. The number of hydrogen-bond donors (Lipinski definition) is 0. The van der Waals surface area contributed by atoms with Crippen LogP contribution in [0.2, 0.25) is 0 Å². The summed E-state index contributed by atoms with van der Waals surface area (Å²) in [5, 5.41) is 4.09. The zero-order chi connectivity index (χ0) is 17.3. The molecule has 124 valence electrons. The number of aromatic nitrogens is 2. The Balaban J connectivity index is 1.67. The van der Waals surface area contributed by atoms with Crippen LogP contribution in [0.25, 0.3) is 0 Å². The first kappa shape index (κ1) is 15.9. The average molecular weight is 327 g/mol. The number of aryl methyl sites for hydroxylation is 2. The highest BCUT2D eigenvalue weighted by Crippen LogP contribution is 2.23. The summed E-state index contributed by atoms with van der Waals surface area (Å²) in [6.07, 6.45) is 2.81. The van der Waals surface area contributed by atoms with Crippen molar-refractivity contribution in [2.24, 2.45) is 7.05 Å². The number of methoxy groups -OCH3 is 1. The van der Waals surface area contributed by atoms with E-state index in [9.17, 15) is 14.4 Å². The number of rotatable bonds is 5. The molecular weight excluding hydrogens is 310 g/mol. The third kappa shape index (κ3) is 2.68. The number of fused-ring (bicyclic) bond motifs is 1. The predicted molar refractivity (Wildman–Crippen MR) is 84.7 cm³/mol. The van der Waals surface area contributed by atoms with E-state index in [1.54, 1.807) is 42.2 Å². The van der Waals surface area contributed by atoms with Gasteiger partial charge in [-0.2, -0.15) is 5.10 Å². The zero-order valence-corrected chi connectivity index (χ0v) is 13.5. The number of hydrogen-bond acceptors (Lipinski definition) is 5. The molecule has 2 aromatic rings. The fourth-order valence-electron chi connectivity index (χ4n) is 2.86. The van der Waals surface area contributed by atoms with Gasteiger partial charge in [-0.1, -0.05) is 12.1 Å². The monoisotopic (exact) mass is 327 g/mol. The molecular formula is C17H17N3O4. The van der Waals surface area contributed by atoms with Crippen molar-refractivity contribution in [3.63, 3.8) is 0 Å². The van der Waals surface area contributed by atoms with Crippen LogP contribution in [-0.2, 0) is 18.2 Å². The van der Waals surface area contributed by atoms with Gasteiger partial charge in [-0.15, -0.1) is 0 Å². The van der Waals surface area contributed by atoms with Gasteiger partial charge in [0.25, 0.3) is 11.8 Å². The van der Waals surface area contributed by atoms with E-state index in [0.717, 1.165) is 5.56 Å². The van der Waals surface area contributed by atoms with Crippen LogP contribution < -0.4 is 0 Å². The molecule has 0 fully saturated rings. The molecule has 7 nitrogen and oxygen atoms in total. The second-order valence-corrected chi connectivity index (χ2v) is 5.58. The van der Waals surface area contributed by atoms with E-state index >= 15 is 0 Å². The molecule has 2 amide bonds. The Kier molecular flexibility index (Phi) is 4.16. The minimum Gasteiger partial charge on any atom is -0.464 e. The van der Waals surface area contributed by atoms with Crippen molar-refractivity contribution in [2.75, 3.05) is 13.7 Å². The van der Waals surface area contributed by atoms with E-state index in [2.05, 4.69) is 5.10 Å². The molecule has 1 aromatic heterocycles. The number of esters is 1. The average Bonchev–Trinajstić information content (AvgIpc) is 3.07. The van der Waals surface area contributed by atoms with E-state index in [1.807, 2.05) is 0 Å². The van der Waals surface area contributed by atoms with Crippen molar-refractivity contribution in [3.05, 3.63) is 52.8 Å². The van der Waals surface area contributed by atoms with Gasteiger partial charge in [0.15, 0.2) is 5.69 Å². The molecule has 0 aliphatic carbocycles. The van der Waals surface area contributed by atoms with Crippen LogP contribution in [0.5, 0.6) is 0 Å². The lowest BCUT2D eigenvalue weighted by Crippen LogP contribution is -2.31. The third-order valence-corrected chi connectivity index (χ3v) is 3.99. The quantitative estimate of drug-likeness (QED) is 0.613. The van der Waals surface area contributed by atoms with Gasteiger partial charge in [0, 0.05) is 25.4 Å². The summed E-state index contributed by atoms with van der Waals surface area (Å²) >= 11 is 0. The Bertz CT molecular complexity index is 790. The third-order valence-electron chi connectivity index (χ3n) is 3.99. The Morgan fingerprint density at radius 2 is 1.79 bits per heavy atom. The van der Waals surface area contributed by atoms with Gasteiger partial charge in [-0.3, -0.25) is 19.2 Å². The Morgan fingerprint density at radius 3 is 2.38 bits per heavy atom. The first-order valence-corrected chi connectivity index (χ1v) is 7.59. The molecule has 0 N–H and O–H groups in total. The molecule has 1 aliphatic rings. The second-order valence-electron chi connectivity index (χ2n) is 5.58. The summed E-state index contributed by atoms with van der Waals surface area (Å²) in [6.45, 7) is 0.294. The van der Waals surface area contributed by atoms with Gasteiger partial charge in [0.05, 0.1) is 18.2 Å². The molecule has 1 aromatic carbocycles. The molecule has 2 heterocycles. The van der Waals surface area contributed by atoms with Gasteiger partial charge in [-0.25, -0.2) is 4.79 Å². The maximum Gasteiger partial charge on any atom is 0.358 e. The van der Waals surface area contributed by atoms with Crippen LogP contribution in [0, 0.1) is 0 Å². The van der Waals surface area contributed by atoms with Crippen LogP contribution in [0.1, 0.15) is 43.2 Å². The van der Waals surface area contributed by atoms with Gasteiger partial charge >= 0.3 is 5.97 Å². The first-order chi connectivity index (χ1) is 11.5. The van der Waals surface area contributed by atoms with Crippen LogP contribution >= 0.6 is 0 Å². The maximum absolute atomic E-state index is 12.3. The standard InChI is InChI=1S/C17H17N3O4/c1-19-10-11(14(18-19)17(23)24-2)6-5-9-20-15(21)12-7-3-4-8-13(12)16(20)22/h3-4,7-8,10H,5-6,9H2,1-2H3. The highest BCUT2D eigenvalue weighted by molar-refractivity contribution is 6.21. The van der Waals surface area contributed by atoms with Gasteiger partial charge in [0.2, 0.25) is 0 Å². The number of ether oxygens (including phenoxy) is 1. The SMILES string of the molecule is COC(=O)c1nn(C)cc1CCCN1C(=O)c2ccccc2C1=O. The van der Waals surface area contributed by atoms with E-state index in [4.69, 9.17) is 4.74 Å². The van der Waals surface area contributed by atoms with Crippen molar-refractivity contribution < 1.29 is 19.1 Å². The van der Waals surface area contributed by atoms with E-state index in [1.165, 1.54) is 12.0 Å². The zero-order valence-electron chi connectivity index (χ0n) is 13.5. The van der Waals surface area contributed by atoms with Crippen molar-refractivity contribution >= 4 is 17.8 Å². The largest absolute Gasteiger partial charge is 0.464 e. The fourth-order valence-corrected chi connectivity index (χ4v) is 2.86. The highest BCUT2D eigenvalue weighted by Gasteiger charge is 2.34. The topological polar surface area (TPSA) is 81.5 Å². The van der Waals surface area contributed by atoms with Crippen molar-refractivity contribution in [1.29, 1.82) is 0 Å². The second kappa shape index (κ2) is 6.27. The smallest absolute Gasteiger partial charge is 0.358 e. The number of amides is 2. The van der Waals surface area contributed by atoms with Crippen LogP contribution in [-0.4, -0.2) is 46.1 Å². The normalized spacial score (nSPS) is 13.3. The summed E-state index contributed by atoms with van der Waals surface area (Å²) in [6, 6.07) is 6.80. The lowest BCUT2D eigenvalue weighted by molar-refractivity contribution is 0.0588. The van der Waals surface area contributed by atoms with Crippen LogP contribution in [0.4, 0.5) is 0 Å². The van der Waals surface area contributed by atoms with E-state index in [-0.39, 0.29) is 17.5 Å². The molecule has 0 radical (unpaired) electrons. The summed E-state index contributed by atoms with van der Waals surface area (Å²) in [5.41, 5.74) is 1.89. The van der Waals surface area contributed by atoms with Crippen LogP contribution in [0.3, 0.4) is 0 Å². The molecule has 1 aliphatic heterocycles. The van der Waals surface area contributed by atoms with Gasteiger partial charge < -0.3 is 4.74 Å². The highest BCUT2D eigenvalue weighted by atomic mass is 16.5. The van der Waals surface area contributed by atoms with Crippen molar-refractivity contribution in [1.82, 2.24) is 14.7 Å². The minimum absolute atomic E-state index is 0.266. The van der Waals surface area contributed by atoms with Crippen molar-refractivity contribution in [3.8, 4) is 0 Å². The minimum atomic E-state index is -0.494. The lowest BCUT2D eigenvalue weighted by atomic mass is 10.1.